The van der Waals surface area contributed by atoms with Gasteiger partial charge in [-0.2, -0.15) is 5.10 Å². The average molecular weight is 356 g/mol. The van der Waals surface area contributed by atoms with Crippen molar-refractivity contribution >= 4 is 33.2 Å². The number of alkyl halides is 1. The molecule has 1 unspecified atom stereocenters. The summed E-state index contributed by atoms with van der Waals surface area (Å²) in [6, 6.07) is 12.0. The lowest BCUT2D eigenvalue weighted by atomic mass is 10.1. The molecule has 0 radical (unpaired) electrons. The zero-order valence-corrected chi connectivity index (χ0v) is 14.8. The molecule has 1 atom stereocenters. The highest BCUT2D eigenvalue weighted by molar-refractivity contribution is 7.19. The van der Waals surface area contributed by atoms with Gasteiger partial charge in [0.2, 0.25) is 0 Å². The van der Waals surface area contributed by atoms with Crippen molar-refractivity contribution in [1.82, 2.24) is 19.7 Å². The minimum atomic E-state index is -0.111. The molecule has 0 saturated carbocycles. The summed E-state index contributed by atoms with van der Waals surface area (Å²) in [5, 5.41) is 4.46. The second-order valence-electron chi connectivity index (χ2n) is 5.63. The van der Waals surface area contributed by atoms with E-state index in [0.717, 1.165) is 26.4 Å². The molecule has 4 rings (SSSR count). The Labute approximate surface area is 150 Å². The van der Waals surface area contributed by atoms with Crippen molar-refractivity contribution in [2.45, 2.75) is 19.2 Å². The number of rotatable bonds is 3. The molecule has 0 N–H and O–H groups in total. The first-order valence-electron chi connectivity index (χ1n) is 8.06. The van der Waals surface area contributed by atoms with E-state index in [4.69, 9.17) is 13.0 Å². The third kappa shape index (κ3) is 2.81. The lowest BCUT2D eigenvalue weighted by Gasteiger charge is -2.00. The summed E-state index contributed by atoms with van der Waals surface area (Å²) in [5.74, 6) is 0.392. The molecule has 1 aromatic carbocycles. The predicted molar refractivity (Wildman–Crippen MR) is 99.0 cm³/mol. The van der Waals surface area contributed by atoms with E-state index in [1.807, 2.05) is 37.4 Å². The van der Waals surface area contributed by atoms with E-state index in [9.17, 15) is 0 Å². The normalized spacial score (nSPS) is 13.2. The molecular formula is C18H15ClN4S. The number of thiophene rings is 1. The van der Waals surface area contributed by atoms with Gasteiger partial charge in [-0.15, -0.1) is 22.9 Å². The Kier molecular flexibility index (Phi) is 3.53. The SMILES string of the molecule is [2H]c1nc(-n2ccc(-c3cccc(C)c3)n2)nc2cc(C(C)Cl)sc12. The monoisotopic (exact) mass is 355 g/mol. The van der Waals surface area contributed by atoms with E-state index in [1.54, 1.807) is 4.68 Å². The number of benzene rings is 1. The van der Waals surface area contributed by atoms with Gasteiger partial charge in [0.05, 0.1) is 28.8 Å². The molecule has 0 aliphatic rings. The first kappa shape index (κ1) is 14.1. The topological polar surface area (TPSA) is 43.6 Å². The predicted octanol–water partition coefficient (Wildman–Crippen LogP) is 5.15. The molecule has 0 amide bonds. The van der Waals surface area contributed by atoms with Gasteiger partial charge in [-0.05, 0) is 32.0 Å². The van der Waals surface area contributed by atoms with Crippen molar-refractivity contribution in [1.29, 1.82) is 0 Å². The molecule has 0 fully saturated rings. The smallest absolute Gasteiger partial charge is 0.218 e. The highest BCUT2D eigenvalue weighted by Gasteiger charge is 2.11. The second kappa shape index (κ2) is 6.00. The number of hydrogen-bond donors (Lipinski definition) is 0. The Morgan fingerprint density at radius 1 is 1.29 bits per heavy atom. The summed E-state index contributed by atoms with van der Waals surface area (Å²) < 4.78 is 10.5. The van der Waals surface area contributed by atoms with Crippen LogP contribution in [-0.2, 0) is 0 Å². The molecule has 4 nitrogen and oxygen atoms in total. The van der Waals surface area contributed by atoms with Gasteiger partial charge < -0.3 is 0 Å². The number of nitrogens with zero attached hydrogens (tertiary/aromatic N) is 4. The van der Waals surface area contributed by atoms with Gasteiger partial charge in [-0.1, -0.05) is 23.8 Å². The van der Waals surface area contributed by atoms with Crippen molar-refractivity contribution in [2.24, 2.45) is 0 Å². The van der Waals surface area contributed by atoms with Crippen LogP contribution in [0.25, 0.3) is 27.4 Å². The van der Waals surface area contributed by atoms with Gasteiger partial charge in [-0.3, -0.25) is 0 Å². The molecule has 0 aliphatic carbocycles. The fourth-order valence-electron chi connectivity index (χ4n) is 2.49. The van der Waals surface area contributed by atoms with Gasteiger partial charge in [0.15, 0.2) is 0 Å². The maximum Gasteiger partial charge on any atom is 0.251 e. The van der Waals surface area contributed by atoms with E-state index in [1.165, 1.54) is 16.9 Å². The largest absolute Gasteiger partial charge is 0.251 e. The fourth-order valence-corrected chi connectivity index (χ4v) is 3.55. The van der Waals surface area contributed by atoms with E-state index >= 15 is 0 Å². The van der Waals surface area contributed by atoms with Gasteiger partial charge >= 0.3 is 0 Å². The first-order valence-corrected chi connectivity index (χ1v) is 8.82. The van der Waals surface area contributed by atoms with Crippen molar-refractivity contribution in [2.75, 3.05) is 0 Å². The van der Waals surface area contributed by atoms with E-state index in [0.29, 0.717) is 5.95 Å². The Morgan fingerprint density at radius 2 is 2.17 bits per heavy atom. The fraction of sp³-hybridized carbons (Fsp3) is 0.167. The number of hydrogen-bond acceptors (Lipinski definition) is 4. The van der Waals surface area contributed by atoms with Crippen LogP contribution >= 0.6 is 22.9 Å². The summed E-state index contributed by atoms with van der Waals surface area (Å²) in [5.41, 5.74) is 3.80. The van der Waals surface area contributed by atoms with Crippen molar-refractivity contribution in [3.63, 3.8) is 0 Å². The third-order valence-corrected chi connectivity index (χ3v) is 5.29. The Hall–Kier alpha value is -2.24. The lowest BCUT2D eigenvalue weighted by Crippen LogP contribution is -2.01. The number of halogens is 1. The van der Waals surface area contributed by atoms with Crippen LogP contribution in [0.15, 0.2) is 48.8 Å². The van der Waals surface area contributed by atoms with Crippen LogP contribution in [-0.4, -0.2) is 19.7 Å². The minimum absolute atomic E-state index is 0.111. The molecule has 3 aromatic heterocycles. The summed E-state index contributed by atoms with van der Waals surface area (Å²) in [6.45, 7) is 3.96. The minimum Gasteiger partial charge on any atom is -0.218 e. The Balaban J connectivity index is 1.77. The van der Waals surface area contributed by atoms with Crippen LogP contribution in [0.5, 0.6) is 0 Å². The molecule has 4 aromatic rings. The molecule has 0 spiro atoms. The van der Waals surface area contributed by atoms with Gasteiger partial charge in [0.25, 0.3) is 5.95 Å². The van der Waals surface area contributed by atoms with E-state index in [2.05, 4.69) is 34.1 Å². The molecule has 0 bridgehead atoms. The summed E-state index contributed by atoms with van der Waals surface area (Å²) in [4.78, 5) is 9.83. The average Bonchev–Trinajstić information content (AvgIpc) is 3.22. The molecule has 3 heterocycles. The van der Waals surface area contributed by atoms with Gasteiger partial charge in [-0.25, -0.2) is 14.6 Å². The molecule has 24 heavy (non-hydrogen) atoms. The van der Waals surface area contributed by atoms with Crippen molar-refractivity contribution in [3.8, 4) is 17.2 Å². The summed E-state index contributed by atoms with van der Waals surface area (Å²) in [7, 11) is 0. The van der Waals surface area contributed by atoms with Crippen LogP contribution in [0, 0.1) is 6.92 Å². The standard InChI is InChI=1S/C18H15ClN4S/c1-11-4-3-5-13(8-11)14-6-7-23(22-14)18-20-10-17-15(21-18)9-16(24-17)12(2)19/h3-10,12H,1-2H3/i10D. The molecular weight excluding hydrogens is 340 g/mol. The Morgan fingerprint density at radius 3 is 2.96 bits per heavy atom. The molecule has 120 valence electrons. The van der Waals surface area contributed by atoms with Gasteiger partial charge in [0, 0.05) is 16.6 Å². The molecule has 6 heteroatoms. The zero-order chi connectivity index (χ0) is 17.6. The highest BCUT2D eigenvalue weighted by Crippen LogP contribution is 2.31. The van der Waals surface area contributed by atoms with Crippen molar-refractivity contribution < 1.29 is 1.37 Å². The summed E-state index contributed by atoms with van der Waals surface area (Å²) in [6.07, 6.45) is 2.01. The van der Waals surface area contributed by atoms with E-state index in [-0.39, 0.29) is 11.5 Å². The second-order valence-corrected chi connectivity index (χ2v) is 7.37. The quantitative estimate of drug-likeness (QED) is 0.477. The van der Waals surface area contributed by atoms with Crippen LogP contribution in [0.4, 0.5) is 0 Å². The highest BCUT2D eigenvalue weighted by atomic mass is 35.5. The van der Waals surface area contributed by atoms with Crippen molar-refractivity contribution in [3.05, 3.63) is 59.2 Å². The van der Waals surface area contributed by atoms with Crippen LogP contribution in [0.1, 0.15) is 24.1 Å². The number of aryl methyl sites for hydroxylation is 1. The van der Waals surface area contributed by atoms with Crippen LogP contribution in [0.2, 0.25) is 0 Å². The molecule has 0 saturated heterocycles. The first-order chi connectivity index (χ1) is 12.0. The van der Waals surface area contributed by atoms with E-state index < -0.39 is 0 Å². The maximum absolute atomic E-state index is 8.18. The maximum atomic E-state index is 8.18. The summed E-state index contributed by atoms with van der Waals surface area (Å²) >= 11 is 7.62. The van der Waals surface area contributed by atoms with Gasteiger partial charge in [0.1, 0.15) is 0 Å². The van der Waals surface area contributed by atoms with Crippen LogP contribution < -0.4 is 0 Å². The van der Waals surface area contributed by atoms with Crippen LogP contribution in [0.3, 0.4) is 0 Å². The lowest BCUT2D eigenvalue weighted by molar-refractivity contribution is 0.819. The molecule has 0 aliphatic heterocycles. The zero-order valence-electron chi connectivity index (χ0n) is 14.2. The number of fused-ring (bicyclic) bond motifs is 1. The Bertz CT molecular complexity index is 1070. The number of aromatic nitrogens is 4. The third-order valence-electron chi connectivity index (χ3n) is 3.71.